The molecule has 0 saturated carbocycles. The molecule has 5 nitrogen and oxygen atoms in total. The number of aromatic nitrogens is 2. The molecule has 0 fully saturated rings. The third kappa shape index (κ3) is 2.95. The minimum absolute atomic E-state index is 0.0130. The molecule has 0 aromatic carbocycles. The van der Waals surface area contributed by atoms with E-state index in [-0.39, 0.29) is 21.8 Å². The summed E-state index contributed by atoms with van der Waals surface area (Å²) < 4.78 is 4.87. The minimum Gasteiger partial charge on any atom is -0.472 e. The van der Waals surface area contributed by atoms with E-state index in [4.69, 9.17) is 27.6 Å². The molecule has 0 saturated heterocycles. The maximum atomic E-state index is 11.8. The molecular formula is C10H7Cl2N3O2. The van der Waals surface area contributed by atoms with E-state index >= 15 is 0 Å². The molecule has 0 spiro atoms. The lowest BCUT2D eigenvalue weighted by molar-refractivity contribution is 0.0950. The summed E-state index contributed by atoms with van der Waals surface area (Å²) in [5.74, 6) is -0.368. The van der Waals surface area contributed by atoms with Crippen molar-refractivity contribution >= 4 is 29.1 Å². The number of rotatable bonds is 3. The summed E-state index contributed by atoms with van der Waals surface area (Å²) in [5, 5.41) is 9.86. The number of nitrogens with one attached hydrogen (secondary N) is 1. The van der Waals surface area contributed by atoms with Crippen LogP contribution in [0.4, 0.5) is 0 Å². The number of carbonyl (C=O) groups excluding carboxylic acids is 1. The van der Waals surface area contributed by atoms with Crippen LogP contribution < -0.4 is 5.32 Å². The van der Waals surface area contributed by atoms with Gasteiger partial charge in [0.05, 0.1) is 18.1 Å². The van der Waals surface area contributed by atoms with Crippen LogP contribution in [0.5, 0.6) is 0 Å². The first kappa shape index (κ1) is 11.9. The number of nitrogens with zero attached hydrogens (tertiary/aromatic N) is 2. The van der Waals surface area contributed by atoms with Gasteiger partial charge >= 0.3 is 0 Å². The molecule has 2 aromatic heterocycles. The van der Waals surface area contributed by atoms with E-state index in [9.17, 15) is 4.79 Å². The van der Waals surface area contributed by atoms with Crippen LogP contribution in [-0.4, -0.2) is 16.1 Å². The van der Waals surface area contributed by atoms with E-state index < -0.39 is 0 Å². The molecule has 2 aromatic rings. The van der Waals surface area contributed by atoms with Crippen molar-refractivity contribution < 1.29 is 9.21 Å². The van der Waals surface area contributed by atoms with Crippen molar-refractivity contribution in [3.8, 4) is 0 Å². The lowest BCUT2D eigenvalue weighted by Crippen LogP contribution is -2.23. The van der Waals surface area contributed by atoms with Crippen molar-refractivity contribution in [1.29, 1.82) is 0 Å². The first-order valence-corrected chi connectivity index (χ1v) is 5.40. The summed E-state index contributed by atoms with van der Waals surface area (Å²) in [6, 6.07) is 3.11. The topological polar surface area (TPSA) is 68.0 Å². The lowest BCUT2D eigenvalue weighted by Gasteiger charge is -2.04. The zero-order valence-corrected chi connectivity index (χ0v) is 10.00. The van der Waals surface area contributed by atoms with Crippen LogP contribution in [0.2, 0.25) is 10.3 Å². The van der Waals surface area contributed by atoms with Crippen molar-refractivity contribution in [2.75, 3.05) is 0 Å². The Balaban J connectivity index is 2.07. The Morgan fingerprint density at radius 1 is 1.41 bits per heavy atom. The largest absolute Gasteiger partial charge is 0.472 e. The molecule has 1 amide bonds. The van der Waals surface area contributed by atoms with Crippen LogP contribution in [0.1, 0.15) is 15.9 Å². The van der Waals surface area contributed by atoms with Gasteiger partial charge in [0, 0.05) is 12.1 Å². The molecule has 0 aliphatic carbocycles. The summed E-state index contributed by atoms with van der Waals surface area (Å²) in [6.07, 6.45) is 3.07. The van der Waals surface area contributed by atoms with Gasteiger partial charge in [-0.05, 0) is 12.1 Å². The van der Waals surface area contributed by atoms with Crippen LogP contribution in [0, 0.1) is 0 Å². The molecule has 0 bridgehead atoms. The molecule has 0 atom stereocenters. The second-order valence-corrected chi connectivity index (χ2v) is 3.93. The number of amides is 1. The van der Waals surface area contributed by atoms with Gasteiger partial charge in [-0.25, -0.2) is 0 Å². The fraction of sp³-hybridized carbons (Fsp3) is 0.100. The summed E-state index contributed by atoms with van der Waals surface area (Å²) in [5.41, 5.74) is 1.04. The van der Waals surface area contributed by atoms with E-state index in [1.165, 1.54) is 12.3 Å². The predicted octanol–water partition coefficient (Wildman–Crippen LogP) is 2.31. The van der Waals surface area contributed by atoms with Gasteiger partial charge < -0.3 is 9.73 Å². The first-order chi connectivity index (χ1) is 8.16. The fourth-order valence-corrected chi connectivity index (χ4v) is 1.51. The van der Waals surface area contributed by atoms with E-state index in [2.05, 4.69) is 15.5 Å². The van der Waals surface area contributed by atoms with Gasteiger partial charge in [0.1, 0.15) is 0 Å². The van der Waals surface area contributed by atoms with Gasteiger partial charge in [-0.2, -0.15) is 0 Å². The Morgan fingerprint density at radius 3 is 2.94 bits per heavy atom. The van der Waals surface area contributed by atoms with Crippen LogP contribution >= 0.6 is 23.2 Å². The highest BCUT2D eigenvalue weighted by Crippen LogP contribution is 2.15. The SMILES string of the molecule is O=C(NCc1ccoc1)c1cc(Cl)nnc1Cl. The number of carbonyl (C=O) groups is 1. The molecule has 0 unspecified atom stereocenters. The Labute approximate surface area is 107 Å². The van der Waals surface area contributed by atoms with Crippen molar-refractivity contribution in [2.45, 2.75) is 6.54 Å². The Kier molecular flexibility index (Phi) is 3.61. The average molecular weight is 272 g/mol. The molecule has 2 heterocycles. The molecule has 88 valence electrons. The molecule has 7 heteroatoms. The predicted molar refractivity (Wildman–Crippen MR) is 61.9 cm³/mol. The molecule has 17 heavy (non-hydrogen) atoms. The zero-order valence-electron chi connectivity index (χ0n) is 8.48. The zero-order chi connectivity index (χ0) is 12.3. The van der Waals surface area contributed by atoms with Crippen LogP contribution in [0.3, 0.4) is 0 Å². The Morgan fingerprint density at radius 2 is 2.24 bits per heavy atom. The smallest absolute Gasteiger partial charge is 0.254 e. The van der Waals surface area contributed by atoms with Gasteiger partial charge in [0.15, 0.2) is 10.3 Å². The van der Waals surface area contributed by atoms with E-state index in [0.717, 1.165) is 5.56 Å². The molecular weight excluding hydrogens is 265 g/mol. The van der Waals surface area contributed by atoms with Crippen molar-refractivity contribution in [3.05, 3.63) is 46.1 Å². The molecule has 0 aliphatic heterocycles. The minimum atomic E-state index is -0.368. The first-order valence-electron chi connectivity index (χ1n) is 4.65. The number of furan rings is 1. The van der Waals surface area contributed by atoms with Crippen molar-refractivity contribution in [3.63, 3.8) is 0 Å². The summed E-state index contributed by atoms with van der Waals surface area (Å²) >= 11 is 11.4. The molecule has 0 radical (unpaired) electrons. The van der Waals surface area contributed by atoms with E-state index in [0.29, 0.717) is 6.54 Å². The van der Waals surface area contributed by atoms with E-state index in [1.54, 1.807) is 12.3 Å². The second kappa shape index (κ2) is 5.16. The number of hydrogen-bond donors (Lipinski definition) is 1. The summed E-state index contributed by atoms with van der Waals surface area (Å²) in [6.45, 7) is 0.339. The monoisotopic (exact) mass is 271 g/mol. The van der Waals surface area contributed by atoms with Gasteiger partial charge in [0.25, 0.3) is 5.91 Å². The van der Waals surface area contributed by atoms with Gasteiger partial charge in [-0.1, -0.05) is 23.2 Å². The molecule has 1 N–H and O–H groups in total. The van der Waals surface area contributed by atoms with E-state index in [1.807, 2.05) is 0 Å². The third-order valence-electron chi connectivity index (χ3n) is 2.00. The summed E-state index contributed by atoms with van der Waals surface area (Å²) in [4.78, 5) is 11.8. The average Bonchev–Trinajstić information content (AvgIpc) is 2.82. The second-order valence-electron chi connectivity index (χ2n) is 3.19. The van der Waals surface area contributed by atoms with Crippen LogP contribution in [-0.2, 0) is 6.54 Å². The number of hydrogen-bond acceptors (Lipinski definition) is 4. The Bertz CT molecular complexity index is 528. The summed E-state index contributed by atoms with van der Waals surface area (Å²) in [7, 11) is 0. The Hall–Kier alpha value is -1.59. The number of halogens is 2. The van der Waals surface area contributed by atoms with Gasteiger partial charge in [0.2, 0.25) is 0 Å². The fourth-order valence-electron chi connectivity index (χ4n) is 1.18. The third-order valence-corrected chi connectivity index (χ3v) is 2.46. The highest BCUT2D eigenvalue weighted by molar-refractivity contribution is 6.34. The maximum Gasteiger partial charge on any atom is 0.254 e. The van der Waals surface area contributed by atoms with Crippen molar-refractivity contribution in [1.82, 2.24) is 15.5 Å². The standard InChI is InChI=1S/C10H7Cl2N3O2/c11-8-3-7(9(12)15-14-8)10(16)13-4-6-1-2-17-5-6/h1-3,5H,4H2,(H,13,16). The normalized spacial score (nSPS) is 10.2. The molecule has 2 rings (SSSR count). The maximum absolute atomic E-state index is 11.8. The van der Waals surface area contributed by atoms with Gasteiger partial charge in [-0.3, -0.25) is 4.79 Å². The molecule has 0 aliphatic rings. The quantitative estimate of drug-likeness (QED) is 0.930. The highest BCUT2D eigenvalue weighted by atomic mass is 35.5. The van der Waals surface area contributed by atoms with Crippen molar-refractivity contribution in [2.24, 2.45) is 0 Å². The highest BCUT2D eigenvalue weighted by Gasteiger charge is 2.12. The lowest BCUT2D eigenvalue weighted by atomic mass is 10.2. The van der Waals surface area contributed by atoms with Crippen LogP contribution in [0.15, 0.2) is 29.1 Å². The van der Waals surface area contributed by atoms with Gasteiger partial charge in [-0.15, -0.1) is 10.2 Å². The van der Waals surface area contributed by atoms with Crippen LogP contribution in [0.25, 0.3) is 0 Å².